The highest BCUT2D eigenvalue weighted by atomic mass is 16.2. The van der Waals surface area contributed by atoms with E-state index in [0.717, 1.165) is 27.7 Å². The van der Waals surface area contributed by atoms with Crippen LogP contribution in [0.5, 0.6) is 0 Å². The van der Waals surface area contributed by atoms with Gasteiger partial charge in [-0.3, -0.25) is 14.9 Å². The van der Waals surface area contributed by atoms with Gasteiger partial charge < -0.3 is 10.3 Å². The Kier molecular flexibility index (Phi) is 5.07. The number of nitrogens with one attached hydrogen (secondary N) is 3. The van der Waals surface area contributed by atoms with Gasteiger partial charge in [0.15, 0.2) is 0 Å². The Morgan fingerprint density at radius 1 is 0.931 bits per heavy atom. The Balaban J connectivity index is 1.52. The molecule has 0 radical (unpaired) electrons. The zero-order valence-corrected chi connectivity index (χ0v) is 15.9. The van der Waals surface area contributed by atoms with E-state index < -0.39 is 0 Å². The third-order valence-corrected chi connectivity index (χ3v) is 4.53. The number of carbonyl (C=O) groups is 2. The van der Waals surface area contributed by atoms with Crippen LogP contribution in [0.4, 0.5) is 5.95 Å². The number of carbonyl (C=O) groups excluding carboxylic acids is 2. The van der Waals surface area contributed by atoms with E-state index in [4.69, 9.17) is 0 Å². The molecule has 0 saturated heterocycles. The zero-order chi connectivity index (χ0) is 20.2. The van der Waals surface area contributed by atoms with Crippen LogP contribution in [-0.2, 0) is 11.3 Å². The van der Waals surface area contributed by atoms with Gasteiger partial charge in [0.25, 0.3) is 5.91 Å². The molecule has 6 nitrogen and oxygen atoms in total. The second-order valence-electron chi connectivity index (χ2n) is 6.75. The Morgan fingerprint density at radius 3 is 2.52 bits per heavy atom. The number of aromatic nitrogens is 2. The molecule has 0 aliphatic heterocycles. The summed E-state index contributed by atoms with van der Waals surface area (Å²) >= 11 is 0. The van der Waals surface area contributed by atoms with Crippen molar-refractivity contribution in [3.8, 4) is 11.1 Å². The van der Waals surface area contributed by atoms with Gasteiger partial charge in [-0.1, -0.05) is 42.5 Å². The van der Waals surface area contributed by atoms with Gasteiger partial charge in [0.1, 0.15) is 0 Å². The highest BCUT2D eigenvalue weighted by molar-refractivity contribution is 5.94. The fourth-order valence-electron chi connectivity index (χ4n) is 3.15. The van der Waals surface area contributed by atoms with Crippen molar-refractivity contribution in [2.45, 2.75) is 13.5 Å². The molecule has 0 fully saturated rings. The lowest BCUT2D eigenvalue weighted by Crippen LogP contribution is -2.22. The van der Waals surface area contributed by atoms with Crippen LogP contribution in [0.3, 0.4) is 0 Å². The van der Waals surface area contributed by atoms with E-state index in [2.05, 4.69) is 26.7 Å². The van der Waals surface area contributed by atoms with Crippen molar-refractivity contribution in [3.05, 3.63) is 83.9 Å². The predicted octanol–water partition coefficient (Wildman–Crippen LogP) is 4.12. The van der Waals surface area contributed by atoms with Crippen molar-refractivity contribution >= 4 is 28.8 Å². The van der Waals surface area contributed by atoms with Crippen LogP contribution in [-0.4, -0.2) is 21.8 Å². The van der Waals surface area contributed by atoms with Gasteiger partial charge >= 0.3 is 0 Å². The molecule has 2 amide bonds. The SMILES string of the molecule is CC(=O)Nc1nc2ccc(-c3cccc(CNC(=O)c4ccccc4)c3)cc2[nH]1. The van der Waals surface area contributed by atoms with E-state index in [-0.39, 0.29) is 11.8 Å². The minimum absolute atomic E-state index is 0.0969. The molecule has 0 unspecified atom stereocenters. The maximum absolute atomic E-state index is 12.2. The van der Waals surface area contributed by atoms with E-state index in [9.17, 15) is 9.59 Å². The second-order valence-corrected chi connectivity index (χ2v) is 6.75. The lowest BCUT2D eigenvalue weighted by atomic mass is 10.0. The van der Waals surface area contributed by atoms with Gasteiger partial charge in [-0.05, 0) is 47.0 Å². The zero-order valence-electron chi connectivity index (χ0n) is 15.9. The van der Waals surface area contributed by atoms with Crippen molar-refractivity contribution in [1.82, 2.24) is 15.3 Å². The summed E-state index contributed by atoms with van der Waals surface area (Å²) in [6.07, 6.45) is 0. The quantitative estimate of drug-likeness (QED) is 0.484. The van der Waals surface area contributed by atoms with Crippen molar-refractivity contribution in [3.63, 3.8) is 0 Å². The number of nitrogens with zero attached hydrogens (tertiary/aromatic N) is 1. The summed E-state index contributed by atoms with van der Waals surface area (Å²) in [5.74, 6) is 0.164. The van der Waals surface area contributed by atoms with Crippen LogP contribution in [0, 0.1) is 0 Å². The number of aromatic amines is 1. The van der Waals surface area contributed by atoms with E-state index >= 15 is 0 Å². The first-order valence-corrected chi connectivity index (χ1v) is 9.28. The highest BCUT2D eigenvalue weighted by Gasteiger charge is 2.08. The Morgan fingerprint density at radius 2 is 1.72 bits per heavy atom. The van der Waals surface area contributed by atoms with Crippen LogP contribution in [0.25, 0.3) is 22.2 Å². The molecule has 3 aromatic carbocycles. The number of imidazole rings is 1. The first-order valence-electron chi connectivity index (χ1n) is 9.28. The molecule has 144 valence electrons. The molecule has 1 heterocycles. The molecule has 3 N–H and O–H groups in total. The normalized spacial score (nSPS) is 10.7. The largest absolute Gasteiger partial charge is 0.348 e. The van der Waals surface area contributed by atoms with E-state index in [1.54, 1.807) is 12.1 Å². The maximum Gasteiger partial charge on any atom is 0.251 e. The second kappa shape index (κ2) is 7.98. The molecule has 0 aliphatic rings. The molecule has 1 aromatic heterocycles. The number of rotatable bonds is 5. The minimum Gasteiger partial charge on any atom is -0.348 e. The van der Waals surface area contributed by atoms with Crippen LogP contribution in [0.2, 0.25) is 0 Å². The van der Waals surface area contributed by atoms with Crippen LogP contribution in [0.1, 0.15) is 22.8 Å². The summed E-state index contributed by atoms with van der Waals surface area (Å²) in [6.45, 7) is 1.89. The lowest BCUT2D eigenvalue weighted by molar-refractivity contribution is -0.114. The lowest BCUT2D eigenvalue weighted by Gasteiger charge is -2.08. The van der Waals surface area contributed by atoms with E-state index in [1.165, 1.54) is 6.92 Å². The number of hydrogen-bond donors (Lipinski definition) is 3. The van der Waals surface area contributed by atoms with Gasteiger partial charge in [0, 0.05) is 19.0 Å². The third-order valence-electron chi connectivity index (χ3n) is 4.53. The number of fused-ring (bicyclic) bond motifs is 1. The standard InChI is InChI=1S/C23H20N4O2/c1-15(28)25-23-26-20-11-10-19(13-21(20)27-23)18-9-5-6-16(12-18)14-24-22(29)17-7-3-2-4-8-17/h2-13H,14H2,1H3,(H,24,29)(H2,25,26,27,28). The summed E-state index contributed by atoms with van der Waals surface area (Å²) in [5.41, 5.74) is 5.33. The molecule has 0 spiro atoms. The van der Waals surface area contributed by atoms with Crippen molar-refractivity contribution in [2.75, 3.05) is 5.32 Å². The summed E-state index contributed by atoms with van der Waals surface area (Å²) in [4.78, 5) is 30.9. The van der Waals surface area contributed by atoms with Crippen molar-refractivity contribution in [1.29, 1.82) is 0 Å². The summed E-state index contributed by atoms with van der Waals surface area (Å²) < 4.78 is 0. The van der Waals surface area contributed by atoms with Crippen LogP contribution >= 0.6 is 0 Å². The molecule has 29 heavy (non-hydrogen) atoms. The fourth-order valence-corrected chi connectivity index (χ4v) is 3.15. The van der Waals surface area contributed by atoms with Gasteiger partial charge in [-0.2, -0.15) is 0 Å². The first-order chi connectivity index (χ1) is 14.1. The Bertz CT molecular complexity index is 1180. The number of hydrogen-bond acceptors (Lipinski definition) is 3. The minimum atomic E-state index is -0.172. The van der Waals surface area contributed by atoms with Crippen molar-refractivity contribution < 1.29 is 9.59 Å². The molecule has 0 aliphatic carbocycles. The van der Waals surface area contributed by atoms with Crippen LogP contribution < -0.4 is 10.6 Å². The summed E-state index contributed by atoms with van der Waals surface area (Å²) in [7, 11) is 0. The number of anilines is 1. The van der Waals surface area contributed by atoms with E-state index in [0.29, 0.717) is 18.1 Å². The average Bonchev–Trinajstić information content (AvgIpc) is 3.13. The number of H-pyrrole nitrogens is 1. The van der Waals surface area contributed by atoms with Crippen LogP contribution in [0.15, 0.2) is 72.8 Å². The smallest absolute Gasteiger partial charge is 0.251 e. The third kappa shape index (κ3) is 4.32. The van der Waals surface area contributed by atoms with Gasteiger partial charge in [0.2, 0.25) is 11.9 Å². The molecule has 0 saturated carbocycles. The predicted molar refractivity (Wildman–Crippen MR) is 113 cm³/mol. The molecule has 0 atom stereocenters. The highest BCUT2D eigenvalue weighted by Crippen LogP contribution is 2.25. The molecule has 0 bridgehead atoms. The number of benzene rings is 3. The molecular weight excluding hydrogens is 364 g/mol. The van der Waals surface area contributed by atoms with Gasteiger partial charge in [-0.15, -0.1) is 0 Å². The topological polar surface area (TPSA) is 86.9 Å². The van der Waals surface area contributed by atoms with E-state index in [1.807, 2.05) is 54.6 Å². The monoisotopic (exact) mass is 384 g/mol. The summed E-state index contributed by atoms with van der Waals surface area (Å²) in [5, 5.41) is 5.61. The molecule has 4 rings (SSSR count). The number of amides is 2. The average molecular weight is 384 g/mol. The first kappa shape index (κ1) is 18.4. The molecular formula is C23H20N4O2. The molecule has 6 heteroatoms. The fraction of sp³-hybridized carbons (Fsp3) is 0.0870. The Labute approximate surface area is 168 Å². The Hall–Kier alpha value is -3.93. The van der Waals surface area contributed by atoms with Crippen molar-refractivity contribution in [2.24, 2.45) is 0 Å². The van der Waals surface area contributed by atoms with Gasteiger partial charge in [0.05, 0.1) is 11.0 Å². The maximum atomic E-state index is 12.2. The summed E-state index contributed by atoms with van der Waals surface area (Å²) in [6, 6.07) is 23.1. The molecule has 4 aromatic rings. The van der Waals surface area contributed by atoms with Gasteiger partial charge in [-0.25, -0.2) is 4.98 Å².